The van der Waals surface area contributed by atoms with Gasteiger partial charge >= 0.3 is 0 Å². The maximum Gasteiger partial charge on any atom is 0.266 e. The van der Waals surface area contributed by atoms with Gasteiger partial charge in [-0.3, -0.25) is 43.5 Å². The predicted octanol–water partition coefficient (Wildman–Crippen LogP) is 4.34. The second kappa shape index (κ2) is 19.0. The van der Waals surface area contributed by atoms with E-state index in [2.05, 4.69) is 40.6 Å². The summed E-state index contributed by atoms with van der Waals surface area (Å²) in [7, 11) is -0.414. The largest absolute Gasteiger partial charge is 0.494 e. The first-order valence-electron chi connectivity index (χ1n) is 21.2. The van der Waals surface area contributed by atoms with Gasteiger partial charge in [-0.1, -0.05) is 29.8 Å². The van der Waals surface area contributed by atoms with Gasteiger partial charge in [0.2, 0.25) is 27.8 Å². The molecule has 20 heteroatoms. The van der Waals surface area contributed by atoms with E-state index >= 15 is 0 Å². The maximum absolute atomic E-state index is 13.4. The molecule has 0 aliphatic carbocycles. The van der Waals surface area contributed by atoms with Crippen molar-refractivity contribution in [3.8, 4) is 11.5 Å². The van der Waals surface area contributed by atoms with Gasteiger partial charge in [-0.15, -0.1) is 0 Å². The van der Waals surface area contributed by atoms with E-state index in [0.717, 1.165) is 75.5 Å². The monoisotopic (exact) mass is 914 g/mol. The molecule has 3 N–H and O–H groups in total. The predicted molar refractivity (Wildman–Crippen MR) is 243 cm³/mol. The van der Waals surface area contributed by atoms with Crippen molar-refractivity contribution < 1.29 is 37.1 Å². The number of para-hydroxylation sites is 2. The Hall–Kier alpha value is -6.02. The lowest BCUT2D eigenvalue weighted by Gasteiger charge is -2.39. The molecule has 8 rings (SSSR count). The lowest BCUT2D eigenvalue weighted by atomic mass is 9.96. The molecule has 1 unspecified atom stereocenters. The van der Waals surface area contributed by atoms with E-state index in [1.54, 1.807) is 49.6 Å². The third kappa shape index (κ3) is 9.71. The highest BCUT2D eigenvalue weighted by molar-refractivity contribution is 7.92. The van der Waals surface area contributed by atoms with E-state index in [0.29, 0.717) is 53.4 Å². The van der Waals surface area contributed by atoms with Gasteiger partial charge in [-0.05, 0) is 74.7 Å². The highest BCUT2D eigenvalue weighted by atomic mass is 35.5. The van der Waals surface area contributed by atoms with Crippen molar-refractivity contribution in [1.82, 2.24) is 30.0 Å². The summed E-state index contributed by atoms with van der Waals surface area (Å²) in [6.07, 6.45) is 4.91. The van der Waals surface area contributed by atoms with Crippen LogP contribution in [0.4, 0.5) is 34.5 Å². The number of hydrogen-bond donors (Lipinski definition) is 3. The number of nitrogens with one attached hydrogen (secondary N) is 3. The van der Waals surface area contributed by atoms with Gasteiger partial charge in [0.15, 0.2) is 5.82 Å². The van der Waals surface area contributed by atoms with Crippen molar-refractivity contribution >= 4 is 79.8 Å². The molecule has 64 heavy (non-hydrogen) atoms. The van der Waals surface area contributed by atoms with E-state index in [-0.39, 0.29) is 34.9 Å². The Kier molecular flexibility index (Phi) is 13.2. The number of rotatable bonds is 15. The maximum atomic E-state index is 13.4. The summed E-state index contributed by atoms with van der Waals surface area (Å²) in [5, 5.41) is 8.87. The quantitative estimate of drug-likeness (QED) is 0.142. The molecule has 0 saturated carbocycles. The number of carbonyl (C=O) groups is 4. The Bertz CT molecular complexity index is 2550. The Morgan fingerprint density at radius 3 is 2.38 bits per heavy atom. The molecule has 18 nitrogen and oxygen atoms in total. The van der Waals surface area contributed by atoms with Gasteiger partial charge in [0.05, 0.1) is 47.8 Å². The number of likely N-dealkylation sites (tertiary alicyclic amines) is 1. The number of fused-ring (bicyclic) bond motifs is 1. The molecule has 5 heterocycles. The average molecular weight is 915 g/mol. The van der Waals surface area contributed by atoms with Crippen LogP contribution in [0.5, 0.6) is 11.5 Å². The first-order valence-corrected chi connectivity index (χ1v) is 23.4. The standard InChI is InChI=1S/C44H51ClN10O8S/c1-51(64(3,60)61)34-9-5-4-8-32(34)47-40-31(45)26-46-44(50-40)48-33-12-11-29(25-37(33)62-2)54-21-19-53(20-22-54)27-28-15-17-52(18-16-28)23-24-63-36-10-6-7-30-39(36)43(59)55(42(30)58)35-13-14-38(56)49-41(35)57/h4-12,25-26,28,35H,13-24,27H2,1-3H3,(H,49,56,57)(H2,46,47,48,50). The zero-order chi connectivity index (χ0) is 45.1. The van der Waals surface area contributed by atoms with Gasteiger partial charge in [0.1, 0.15) is 29.2 Å². The van der Waals surface area contributed by atoms with Crippen LogP contribution < -0.4 is 34.6 Å². The summed E-state index contributed by atoms with van der Waals surface area (Å²) < 4.78 is 37.6. The lowest BCUT2D eigenvalue weighted by Crippen LogP contribution is -2.54. The summed E-state index contributed by atoms with van der Waals surface area (Å²) in [5.41, 5.74) is 3.03. The number of anilines is 6. The van der Waals surface area contributed by atoms with Crippen LogP contribution in [0.25, 0.3) is 0 Å². The number of benzene rings is 3. The molecule has 3 fully saturated rings. The van der Waals surface area contributed by atoms with E-state index < -0.39 is 39.7 Å². The van der Waals surface area contributed by atoms with E-state index in [1.165, 1.54) is 17.5 Å². The zero-order valence-electron chi connectivity index (χ0n) is 35.9. The number of hydrogen-bond acceptors (Lipinski definition) is 15. The van der Waals surface area contributed by atoms with Crippen molar-refractivity contribution in [1.29, 1.82) is 0 Å². The van der Waals surface area contributed by atoms with Crippen LogP contribution in [0.15, 0.2) is 66.9 Å². The molecule has 338 valence electrons. The van der Waals surface area contributed by atoms with Gasteiger partial charge in [-0.2, -0.15) is 4.98 Å². The van der Waals surface area contributed by atoms with Crippen LogP contribution in [0.3, 0.4) is 0 Å². The molecule has 4 aliphatic rings. The van der Waals surface area contributed by atoms with Crippen molar-refractivity contribution in [3.05, 3.63) is 83.0 Å². The molecule has 4 aromatic rings. The molecule has 4 amide bonds. The second-order valence-electron chi connectivity index (χ2n) is 16.3. The summed E-state index contributed by atoms with van der Waals surface area (Å²) in [6, 6.07) is 16.8. The summed E-state index contributed by atoms with van der Waals surface area (Å²) >= 11 is 6.47. The first-order chi connectivity index (χ1) is 30.8. The number of nitrogens with zero attached hydrogens (tertiary/aromatic N) is 7. The fraction of sp³-hybridized carbons (Fsp3) is 0.409. The van der Waals surface area contributed by atoms with Crippen LogP contribution in [-0.4, -0.2) is 142 Å². The van der Waals surface area contributed by atoms with E-state index in [1.807, 2.05) is 18.2 Å². The second-order valence-corrected chi connectivity index (χ2v) is 18.7. The molecule has 3 saturated heterocycles. The van der Waals surface area contributed by atoms with Gasteiger partial charge in [0.25, 0.3) is 11.8 Å². The highest BCUT2D eigenvalue weighted by Crippen LogP contribution is 2.36. The summed E-state index contributed by atoms with van der Waals surface area (Å²) in [4.78, 5) is 67.9. The number of ether oxygens (including phenoxy) is 2. The van der Waals surface area contributed by atoms with E-state index in [9.17, 15) is 27.6 Å². The SMILES string of the molecule is COc1cc(N2CCN(CC3CCN(CCOc4cccc5c4C(=O)N(C4CCC(=O)NC4=O)C5=O)CC3)CC2)ccc1Nc1ncc(Cl)c(Nc2ccccc2N(C)S(C)(=O)=O)n1. The number of amides is 4. The number of piperazine rings is 1. The zero-order valence-corrected chi connectivity index (χ0v) is 37.5. The smallest absolute Gasteiger partial charge is 0.266 e. The van der Waals surface area contributed by atoms with Crippen molar-refractivity contribution in [3.63, 3.8) is 0 Å². The number of aromatic nitrogens is 2. The van der Waals surface area contributed by atoms with Gasteiger partial charge < -0.3 is 25.0 Å². The lowest BCUT2D eigenvalue weighted by molar-refractivity contribution is -0.136. The minimum Gasteiger partial charge on any atom is -0.494 e. The number of imide groups is 2. The molecule has 3 aromatic carbocycles. The number of carbonyl (C=O) groups excluding carboxylic acids is 4. The van der Waals surface area contributed by atoms with Crippen molar-refractivity contribution in [2.75, 3.05) is 99.2 Å². The highest BCUT2D eigenvalue weighted by Gasteiger charge is 2.46. The minimum absolute atomic E-state index is 0.0633. The Labute approximate surface area is 376 Å². The number of halogens is 1. The molecule has 0 bridgehead atoms. The van der Waals surface area contributed by atoms with Crippen LogP contribution >= 0.6 is 11.6 Å². The number of methoxy groups -OCH3 is 1. The molecular weight excluding hydrogens is 864 g/mol. The van der Waals surface area contributed by atoms with Gasteiger partial charge in [0, 0.05) is 64.5 Å². The van der Waals surface area contributed by atoms with Crippen molar-refractivity contribution in [2.45, 2.75) is 31.7 Å². The number of piperidine rings is 2. The fourth-order valence-electron chi connectivity index (χ4n) is 8.61. The summed E-state index contributed by atoms with van der Waals surface area (Å²) in [5.74, 6) is -0.0756. The molecular formula is C44H51ClN10O8S. The Morgan fingerprint density at radius 2 is 1.64 bits per heavy atom. The molecule has 0 spiro atoms. The average Bonchev–Trinajstić information content (AvgIpc) is 3.54. The van der Waals surface area contributed by atoms with Gasteiger partial charge in [-0.25, -0.2) is 13.4 Å². The molecule has 4 aliphatic heterocycles. The summed E-state index contributed by atoms with van der Waals surface area (Å²) in [6.45, 7) is 7.59. The Morgan fingerprint density at radius 1 is 0.875 bits per heavy atom. The normalized spacial score (nSPS) is 18.8. The van der Waals surface area contributed by atoms with Crippen LogP contribution in [0.1, 0.15) is 46.4 Å². The molecule has 1 aromatic heterocycles. The molecule has 1 atom stereocenters. The van der Waals surface area contributed by atoms with E-state index in [4.69, 9.17) is 21.1 Å². The van der Waals surface area contributed by atoms with Crippen LogP contribution in [0, 0.1) is 5.92 Å². The third-order valence-electron chi connectivity index (χ3n) is 12.2. The van der Waals surface area contributed by atoms with Crippen LogP contribution in [0.2, 0.25) is 5.02 Å². The molecule has 0 radical (unpaired) electrons. The number of sulfonamides is 1. The first kappa shape index (κ1) is 44.6. The van der Waals surface area contributed by atoms with Crippen LogP contribution in [-0.2, 0) is 19.6 Å². The topological polar surface area (TPSA) is 199 Å². The minimum atomic E-state index is -3.51. The third-order valence-corrected chi connectivity index (χ3v) is 13.7. The van der Waals surface area contributed by atoms with Crippen molar-refractivity contribution in [2.24, 2.45) is 5.92 Å². The Balaban J connectivity index is 0.789. The fourth-order valence-corrected chi connectivity index (χ4v) is 9.27.